The molecule has 0 bridgehead atoms. The minimum Gasteiger partial charge on any atom is -0.350 e. The molecule has 0 saturated carbocycles. The van der Waals surface area contributed by atoms with E-state index in [1.807, 2.05) is 24.3 Å². The number of carbonyl (C=O) groups is 1. The van der Waals surface area contributed by atoms with Crippen LogP contribution >= 0.6 is 11.6 Å². The summed E-state index contributed by atoms with van der Waals surface area (Å²) in [4.78, 5) is 23.2. The zero-order valence-electron chi connectivity index (χ0n) is 14.8. The molecule has 2 rings (SSSR count). The van der Waals surface area contributed by atoms with Crippen LogP contribution in [0.5, 0.6) is 0 Å². The molecular weight excluding hydrogens is 336 g/mol. The Bertz CT molecular complexity index is 669. The first-order valence-corrected chi connectivity index (χ1v) is 9.12. The maximum Gasteiger partial charge on any atom is 0.270 e. The number of hydrogen-bond acceptors (Lipinski definition) is 4. The number of carbonyl (C=O) groups excluding carboxylic acids is 1. The topological polar surface area (TPSA) is 58.1 Å². The summed E-state index contributed by atoms with van der Waals surface area (Å²) in [5.74, 6) is 0.444. The van der Waals surface area contributed by atoms with Crippen molar-refractivity contribution < 1.29 is 4.79 Å². The lowest BCUT2D eigenvalue weighted by Gasteiger charge is -2.21. The molecule has 6 heteroatoms. The van der Waals surface area contributed by atoms with Crippen molar-refractivity contribution in [3.63, 3.8) is 0 Å². The zero-order chi connectivity index (χ0) is 18.1. The van der Waals surface area contributed by atoms with Crippen LogP contribution in [0.15, 0.2) is 36.5 Å². The molecule has 1 amide bonds. The van der Waals surface area contributed by atoms with Crippen LogP contribution in [-0.4, -0.2) is 35.5 Å². The largest absolute Gasteiger partial charge is 0.350 e. The Morgan fingerprint density at radius 3 is 2.44 bits per heavy atom. The first-order valence-electron chi connectivity index (χ1n) is 8.74. The Morgan fingerprint density at radius 1 is 1.12 bits per heavy atom. The van der Waals surface area contributed by atoms with Crippen LogP contribution < -0.4 is 10.2 Å². The average Bonchev–Trinajstić information content (AvgIpc) is 2.63. The smallest absolute Gasteiger partial charge is 0.270 e. The van der Waals surface area contributed by atoms with E-state index in [1.165, 1.54) is 0 Å². The van der Waals surface area contributed by atoms with Gasteiger partial charge in [-0.2, -0.15) is 0 Å². The van der Waals surface area contributed by atoms with Gasteiger partial charge in [-0.25, -0.2) is 9.97 Å². The van der Waals surface area contributed by atoms with Crippen LogP contribution in [-0.2, 0) is 6.42 Å². The second kappa shape index (κ2) is 9.99. The summed E-state index contributed by atoms with van der Waals surface area (Å²) >= 11 is 5.87. The van der Waals surface area contributed by atoms with Crippen molar-refractivity contribution in [1.82, 2.24) is 15.3 Å². The molecule has 25 heavy (non-hydrogen) atoms. The molecule has 0 aliphatic carbocycles. The molecule has 1 aromatic heterocycles. The van der Waals surface area contributed by atoms with E-state index in [0.29, 0.717) is 23.2 Å². The third-order valence-electron chi connectivity index (χ3n) is 3.76. The average molecular weight is 361 g/mol. The lowest BCUT2D eigenvalue weighted by atomic mass is 10.1. The van der Waals surface area contributed by atoms with Crippen molar-refractivity contribution in [3.05, 3.63) is 52.8 Å². The van der Waals surface area contributed by atoms with Crippen molar-refractivity contribution in [3.8, 4) is 0 Å². The first kappa shape index (κ1) is 19.2. The van der Waals surface area contributed by atoms with E-state index in [1.54, 1.807) is 12.3 Å². The summed E-state index contributed by atoms with van der Waals surface area (Å²) in [5.41, 5.74) is 1.53. The normalized spacial score (nSPS) is 10.5. The van der Waals surface area contributed by atoms with E-state index in [4.69, 9.17) is 11.6 Å². The zero-order valence-corrected chi connectivity index (χ0v) is 15.6. The maximum absolute atomic E-state index is 12.3. The maximum atomic E-state index is 12.3. The Labute approximate surface area is 154 Å². The van der Waals surface area contributed by atoms with E-state index in [2.05, 4.69) is 34.0 Å². The Balaban J connectivity index is 1.94. The number of halogens is 1. The SMILES string of the molecule is CCCN(CCC)c1nccc(C(=O)NCCc2ccc(Cl)cc2)n1. The molecule has 0 saturated heterocycles. The lowest BCUT2D eigenvalue weighted by molar-refractivity contribution is 0.0949. The second-order valence-corrected chi connectivity index (χ2v) is 6.30. The number of nitrogens with one attached hydrogen (secondary N) is 1. The quantitative estimate of drug-likeness (QED) is 0.740. The molecule has 2 aromatic rings. The van der Waals surface area contributed by atoms with E-state index in [9.17, 15) is 4.79 Å². The summed E-state index contributed by atoms with van der Waals surface area (Å²) < 4.78 is 0. The third-order valence-corrected chi connectivity index (χ3v) is 4.01. The van der Waals surface area contributed by atoms with Gasteiger partial charge in [-0.1, -0.05) is 37.6 Å². The number of hydrogen-bond donors (Lipinski definition) is 1. The van der Waals surface area contributed by atoms with Gasteiger partial charge in [-0.15, -0.1) is 0 Å². The second-order valence-electron chi connectivity index (χ2n) is 5.86. The molecule has 134 valence electrons. The van der Waals surface area contributed by atoms with Crippen molar-refractivity contribution in [1.29, 1.82) is 0 Å². The van der Waals surface area contributed by atoms with Crippen molar-refractivity contribution in [2.45, 2.75) is 33.1 Å². The number of aromatic nitrogens is 2. The van der Waals surface area contributed by atoms with Gasteiger partial charge in [-0.05, 0) is 43.0 Å². The lowest BCUT2D eigenvalue weighted by Crippen LogP contribution is -2.30. The highest BCUT2D eigenvalue weighted by Gasteiger charge is 2.12. The molecule has 5 nitrogen and oxygen atoms in total. The number of nitrogens with zero attached hydrogens (tertiary/aromatic N) is 3. The predicted molar refractivity (Wildman–Crippen MR) is 102 cm³/mol. The molecule has 0 unspecified atom stereocenters. The van der Waals surface area contributed by atoms with Crippen LogP contribution in [0.4, 0.5) is 5.95 Å². The number of anilines is 1. The monoisotopic (exact) mass is 360 g/mol. The molecule has 0 radical (unpaired) electrons. The molecule has 0 aliphatic heterocycles. The molecule has 1 aromatic carbocycles. The van der Waals surface area contributed by atoms with E-state index in [-0.39, 0.29) is 5.91 Å². The van der Waals surface area contributed by atoms with Gasteiger partial charge in [0.1, 0.15) is 5.69 Å². The van der Waals surface area contributed by atoms with Crippen LogP contribution in [0.2, 0.25) is 5.02 Å². The number of rotatable bonds is 9. The van der Waals surface area contributed by atoms with E-state index >= 15 is 0 Å². The minimum absolute atomic E-state index is 0.175. The van der Waals surface area contributed by atoms with Crippen molar-refractivity contribution in [2.24, 2.45) is 0 Å². The molecule has 0 spiro atoms. The van der Waals surface area contributed by atoms with Gasteiger partial charge < -0.3 is 10.2 Å². The predicted octanol–water partition coefficient (Wildman–Crippen LogP) is 3.73. The summed E-state index contributed by atoms with van der Waals surface area (Å²) in [7, 11) is 0. The molecule has 1 heterocycles. The molecule has 0 fully saturated rings. The van der Waals surface area contributed by atoms with E-state index in [0.717, 1.165) is 37.9 Å². The summed E-state index contributed by atoms with van der Waals surface area (Å²) in [6.45, 7) is 6.56. The molecule has 0 aliphatic rings. The van der Waals surface area contributed by atoms with Gasteiger partial charge in [-0.3, -0.25) is 4.79 Å². The van der Waals surface area contributed by atoms with Crippen LogP contribution in [0.1, 0.15) is 42.7 Å². The van der Waals surface area contributed by atoms with Crippen molar-refractivity contribution in [2.75, 3.05) is 24.5 Å². The molecule has 1 N–H and O–H groups in total. The van der Waals surface area contributed by atoms with Gasteiger partial charge in [0.15, 0.2) is 0 Å². The summed E-state index contributed by atoms with van der Waals surface area (Å²) in [6.07, 6.45) is 4.43. The highest BCUT2D eigenvalue weighted by Crippen LogP contribution is 2.11. The first-order chi connectivity index (χ1) is 12.1. The Morgan fingerprint density at radius 2 is 1.80 bits per heavy atom. The van der Waals surface area contributed by atoms with Gasteiger partial charge in [0.05, 0.1) is 0 Å². The minimum atomic E-state index is -0.175. The fourth-order valence-electron chi connectivity index (χ4n) is 2.54. The van der Waals surface area contributed by atoms with E-state index < -0.39 is 0 Å². The van der Waals surface area contributed by atoms with Crippen molar-refractivity contribution >= 4 is 23.5 Å². The van der Waals surface area contributed by atoms with Crippen LogP contribution in [0, 0.1) is 0 Å². The number of benzene rings is 1. The fourth-order valence-corrected chi connectivity index (χ4v) is 2.67. The highest BCUT2D eigenvalue weighted by atomic mass is 35.5. The Kier molecular flexibility index (Phi) is 7.67. The standard InChI is InChI=1S/C19H25ClN4O/c1-3-13-24(14-4-2)19-22-12-10-17(23-19)18(25)21-11-9-15-5-7-16(20)8-6-15/h5-8,10,12H,3-4,9,11,13-14H2,1-2H3,(H,21,25). The van der Waals surface area contributed by atoms with Gasteiger partial charge in [0, 0.05) is 30.9 Å². The Hall–Kier alpha value is -2.14. The summed E-state index contributed by atoms with van der Waals surface area (Å²) in [6, 6.07) is 9.28. The molecule has 0 atom stereocenters. The van der Waals surface area contributed by atoms with Gasteiger partial charge in [0.2, 0.25) is 5.95 Å². The highest BCUT2D eigenvalue weighted by molar-refractivity contribution is 6.30. The summed E-state index contributed by atoms with van der Waals surface area (Å²) in [5, 5.41) is 3.62. The van der Waals surface area contributed by atoms with Gasteiger partial charge in [0.25, 0.3) is 5.91 Å². The third kappa shape index (κ3) is 6.02. The van der Waals surface area contributed by atoms with Crippen LogP contribution in [0.25, 0.3) is 0 Å². The number of amides is 1. The van der Waals surface area contributed by atoms with Gasteiger partial charge >= 0.3 is 0 Å². The molecular formula is C19H25ClN4O. The fraction of sp³-hybridized carbons (Fsp3) is 0.421. The van der Waals surface area contributed by atoms with Crippen LogP contribution in [0.3, 0.4) is 0 Å².